The Hall–Kier alpha value is -2.51. The molecule has 1 fully saturated rings. The molecular weight excluding hydrogens is 344 g/mol. The van der Waals surface area contributed by atoms with Crippen LogP contribution in [0.25, 0.3) is 11.4 Å². The molecule has 27 heavy (non-hydrogen) atoms. The molecule has 1 amide bonds. The van der Waals surface area contributed by atoms with E-state index in [0.717, 1.165) is 37.3 Å². The Labute approximate surface area is 159 Å². The van der Waals surface area contributed by atoms with Gasteiger partial charge in [0.25, 0.3) is 5.91 Å². The fourth-order valence-corrected chi connectivity index (χ4v) is 3.23. The number of nitrogens with zero attached hydrogens (tertiary/aromatic N) is 4. The summed E-state index contributed by atoms with van der Waals surface area (Å²) in [5.74, 6) is 1.37. The van der Waals surface area contributed by atoms with Crippen LogP contribution in [-0.2, 0) is 0 Å². The average Bonchev–Trinajstić information content (AvgIpc) is 2.72. The Morgan fingerprint density at radius 2 is 1.93 bits per heavy atom. The highest BCUT2D eigenvalue weighted by Gasteiger charge is 2.19. The highest BCUT2D eigenvalue weighted by Crippen LogP contribution is 2.22. The van der Waals surface area contributed by atoms with Crippen molar-refractivity contribution >= 4 is 11.7 Å². The van der Waals surface area contributed by atoms with Gasteiger partial charge in [-0.15, -0.1) is 0 Å². The van der Waals surface area contributed by atoms with E-state index in [0.29, 0.717) is 24.5 Å². The molecule has 0 unspecified atom stereocenters. The smallest absolute Gasteiger partial charge is 0.253 e. The number of aliphatic hydroxyl groups is 2. The first-order valence-corrected chi connectivity index (χ1v) is 9.39. The van der Waals surface area contributed by atoms with Crippen molar-refractivity contribution in [1.29, 1.82) is 0 Å². The first kappa shape index (κ1) is 19.3. The number of likely N-dealkylation sites (N-methyl/N-ethyl adjacent to an activating group) is 1. The Morgan fingerprint density at radius 1 is 1.22 bits per heavy atom. The number of carbonyl (C=O) groups excluding carboxylic acids is 1. The van der Waals surface area contributed by atoms with Crippen LogP contribution in [0.5, 0.6) is 0 Å². The standard InChI is InChI=1S/C20H26N4O3/c1-2-23(13-14-25)20(27)16-5-3-15(4-6-16)19-21-10-7-18(22-19)24-11-8-17(26)9-12-24/h3-7,10,17,25-26H,2,8-9,11-14H2,1H3. The number of anilines is 1. The number of hydrogen-bond acceptors (Lipinski definition) is 6. The Balaban J connectivity index is 1.75. The molecule has 7 heteroatoms. The van der Waals surface area contributed by atoms with Gasteiger partial charge in [0.2, 0.25) is 0 Å². The predicted molar refractivity (Wildman–Crippen MR) is 104 cm³/mol. The van der Waals surface area contributed by atoms with Gasteiger partial charge in [0.1, 0.15) is 5.82 Å². The normalized spacial score (nSPS) is 15.0. The molecule has 0 atom stereocenters. The van der Waals surface area contributed by atoms with Crippen molar-refractivity contribution in [3.63, 3.8) is 0 Å². The van der Waals surface area contributed by atoms with Gasteiger partial charge in [-0.25, -0.2) is 9.97 Å². The lowest BCUT2D eigenvalue weighted by molar-refractivity contribution is 0.0732. The Bertz CT molecular complexity index is 758. The van der Waals surface area contributed by atoms with Crippen LogP contribution >= 0.6 is 0 Å². The maximum absolute atomic E-state index is 12.5. The largest absolute Gasteiger partial charge is 0.395 e. The molecule has 2 heterocycles. The quantitative estimate of drug-likeness (QED) is 0.802. The first-order valence-electron chi connectivity index (χ1n) is 9.39. The van der Waals surface area contributed by atoms with Crippen molar-refractivity contribution in [1.82, 2.24) is 14.9 Å². The van der Waals surface area contributed by atoms with E-state index >= 15 is 0 Å². The summed E-state index contributed by atoms with van der Waals surface area (Å²) in [7, 11) is 0. The number of hydrogen-bond donors (Lipinski definition) is 2. The van der Waals surface area contributed by atoms with E-state index in [9.17, 15) is 9.90 Å². The molecule has 1 aromatic heterocycles. The van der Waals surface area contributed by atoms with Crippen LogP contribution in [0, 0.1) is 0 Å². The zero-order valence-electron chi connectivity index (χ0n) is 15.6. The predicted octanol–water partition coefficient (Wildman–Crippen LogP) is 1.56. The summed E-state index contributed by atoms with van der Waals surface area (Å²) < 4.78 is 0. The zero-order chi connectivity index (χ0) is 19.2. The number of piperidine rings is 1. The van der Waals surface area contributed by atoms with E-state index in [1.54, 1.807) is 23.2 Å². The summed E-state index contributed by atoms with van der Waals surface area (Å²) in [6.07, 6.45) is 3.01. The monoisotopic (exact) mass is 370 g/mol. The van der Waals surface area contributed by atoms with Crippen LogP contribution in [0.1, 0.15) is 30.1 Å². The number of amides is 1. The second kappa shape index (κ2) is 8.92. The van der Waals surface area contributed by atoms with Crippen LogP contribution in [-0.4, -0.2) is 69.9 Å². The molecule has 0 radical (unpaired) electrons. The van der Waals surface area contributed by atoms with Gasteiger partial charge in [-0.3, -0.25) is 4.79 Å². The lowest BCUT2D eigenvalue weighted by Gasteiger charge is -2.30. The van der Waals surface area contributed by atoms with Crippen molar-refractivity contribution in [3.05, 3.63) is 42.1 Å². The number of aliphatic hydroxyl groups excluding tert-OH is 2. The fourth-order valence-electron chi connectivity index (χ4n) is 3.23. The second-order valence-electron chi connectivity index (χ2n) is 6.64. The molecule has 1 saturated heterocycles. The third kappa shape index (κ3) is 4.61. The zero-order valence-corrected chi connectivity index (χ0v) is 15.6. The van der Waals surface area contributed by atoms with Gasteiger partial charge >= 0.3 is 0 Å². The topological polar surface area (TPSA) is 89.8 Å². The average molecular weight is 370 g/mol. The summed E-state index contributed by atoms with van der Waals surface area (Å²) in [6.45, 7) is 4.28. The Morgan fingerprint density at radius 3 is 2.56 bits per heavy atom. The van der Waals surface area contributed by atoms with Gasteiger partial charge in [0, 0.05) is 43.5 Å². The van der Waals surface area contributed by atoms with Gasteiger partial charge in [0.15, 0.2) is 5.82 Å². The SMILES string of the molecule is CCN(CCO)C(=O)c1ccc(-c2nccc(N3CCC(O)CC3)n2)cc1. The molecule has 0 aliphatic carbocycles. The summed E-state index contributed by atoms with van der Waals surface area (Å²) in [5, 5.41) is 18.7. The minimum Gasteiger partial charge on any atom is -0.395 e. The number of rotatable bonds is 6. The van der Waals surface area contributed by atoms with E-state index in [4.69, 9.17) is 5.11 Å². The van der Waals surface area contributed by atoms with Crippen LogP contribution < -0.4 is 4.90 Å². The second-order valence-corrected chi connectivity index (χ2v) is 6.64. The molecule has 7 nitrogen and oxygen atoms in total. The molecule has 0 spiro atoms. The molecule has 0 saturated carbocycles. The van der Waals surface area contributed by atoms with Gasteiger partial charge in [-0.05, 0) is 38.0 Å². The molecule has 1 aliphatic rings. The molecule has 1 aliphatic heterocycles. The van der Waals surface area contributed by atoms with E-state index in [1.807, 2.05) is 25.1 Å². The summed E-state index contributed by atoms with van der Waals surface area (Å²) >= 11 is 0. The van der Waals surface area contributed by atoms with E-state index in [1.165, 1.54) is 0 Å². The lowest BCUT2D eigenvalue weighted by Crippen LogP contribution is -2.36. The van der Waals surface area contributed by atoms with Crippen LogP contribution in [0.3, 0.4) is 0 Å². The van der Waals surface area contributed by atoms with Crippen molar-refractivity contribution in [2.75, 3.05) is 37.7 Å². The van der Waals surface area contributed by atoms with E-state index in [2.05, 4.69) is 14.9 Å². The number of benzene rings is 1. The minimum absolute atomic E-state index is 0.0498. The molecule has 1 aromatic carbocycles. The Kier molecular flexibility index (Phi) is 6.36. The highest BCUT2D eigenvalue weighted by molar-refractivity contribution is 5.94. The molecule has 0 bridgehead atoms. The van der Waals surface area contributed by atoms with Crippen molar-refractivity contribution < 1.29 is 15.0 Å². The first-order chi connectivity index (χ1) is 13.1. The van der Waals surface area contributed by atoms with Gasteiger partial charge in [-0.2, -0.15) is 0 Å². The van der Waals surface area contributed by atoms with Crippen molar-refractivity contribution in [3.8, 4) is 11.4 Å². The molecule has 3 rings (SSSR count). The van der Waals surface area contributed by atoms with Crippen LogP contribution in [0.15, 0.2) is 36.5 Å². The van der Waals surface area contributed by atoms with Crippen LogP contribution in [0.4, 0.5) is 5.82 Å². The van der Waals surface area contributed by atoms with E-state index in [-0.39, 0.29) is 18.6 Å². The lowest BCUT2D eigenvalue weighted by atomic mass is 10.1. The van der Waals surface area contributed by atoms with Gasteiger partial charge in [-0.1, -0.05) is 12.1 Å². The maximum Gasteiger partial charge on any atom is 0.253 e. The molecular formula is C20H26N4O3. The third-order valence-electron chi connectivity index (χ3n) is 4.86. The summed E-state index contributed by atoms with van der Waals surface area (Å²) in [5.41, 5.74) is 1.42. The van der Waals surface area contributed by atoms with Crippen LogP contribution in [0.2, 0.25) is 0 Å². The number of carbonyl (C=O) groups is 1. The van der Waals surface area contributed by atoms with Crippen molar-refractivity contribution in [2.45, 2.75) is 25.9 Å². The van der Waals surface area contributed by atoms with Gasteiger partial charge in [0.05, 0.1) is 12.7 Å². The fraction of sp³-hybridized carbons (Fsp3) is 0.450. The molecule has 144 valence electrons. The molecule has 2 N–H and O–H groups in total. The molecule has 2 aromatic rings. The van der Waals surface area contributed by atoms with E-state index < -0.39 is 0 Å². The maximum atomic E-state index is 12.5. The summed E-state index contributed by atoms with van der Waals surface area (Å²) in [4.78, 5) is 25.2. The summed E-state index contributed by atoms with van der Waals surface area (Å²) in [6, 6.07) is 9.11. The number of aromatic nitrogens is 2. The highest BCUT2D eigenvalue weighted by atomic mass is 16.3. The minimum atomic E-state index is -0.221. The van der Waals surface area contributed by atoms with Gasteiger partial charge < -0.3 is 20.0 Å². The third-order valence-corrected chi connectivity index (χ3v) is 4.86. The van der Waals surface area contributed by atoms with Crippen molar-refractivity contribution in [2.24, 2.45) is 0 Å².